The summed E-state index contributed by atoms with van der Waals surface area (Å²) in [6, 6.07) is 12.6. The van der Waals surface area contributed by atoms with Crippen LogP contribution >= 0.6 is 15.9 Å². The average molecular weight is 373 g/mol. The molecule has 1 aromatic heterocycles. The van der Waals surface area contributed by atoms with Gasteiger partial charge in [0, 0.05) is 15.6 Å². The van der Waals surface area contributed by atoms with Crippen molar-refractivity contribution in [3.63, 3.8) is 0 Å². The molecule has 0 amide bonds. The molecular weight excluding hydrogens is 360 g/mol. The molecule has 0 saturated carbocycles. The molecule has 0 atom stereocenters. The Balaban J connectivity index is 2.43. The second-order valence-corrected chi connectivity index (χ2v) is 5.99. The molecule has 0 unspecified atom stereocenters. The number of carbonyl (C=O) groups excluding carboxylic acids is 1. The van der Waals surface area contributed by atoms with Gasteiger partial charge >= 0.3 is 5.97 Å². The maximum Gasteiger partial charge on any atom is 0.341 e. The van der Waals surface area contributed by atoms with Crippen molar-refractivity contribution in [2.24, 2.45) is 0 Å². The lowest BCUT2D eigenvalue weighted by Gasteiger charge is -2.10. The van der Waals surface area contributed by atoms with Crippen molar-refractivity contribution in [3.05, 3.63) is 68.3 Å². The molecule has 4 nitrogen and oxygen atoms in total. The molecule has 0 radical (unpaired) electrons. The maximum atomic E-state index is 12.7. The average Bonchev–Trinajstić information content (AvgIpc) is 2.58. The third-order valence-corrected chi connectivity index (χ3v) is 4.08. The van der Waals surface area contributed by atoms with Crippen LogP contribution in [-0.4, -0.2) is 13.1 Å². The normalized spacial score (nSPS) is 10.7. The summed E-state index contributed by atoms with van der Waals surface area (Å²) < 4.78 is 11.4. The van der Waals surface area contributed by atoms with Crippen LogP contribution in [0.4, 0.5) is 0 Å². The van der Waals surface area contributed by atoms with Gasteiger partial charge in [0.05, 0.1) is 12.5 Å². The van der Waals surface area contributed by atoms with Gasteiger partial charge in [-0.1, -0.05) is 46.3 Å². The quantitative estimate of drug-likeness (QED) is 0.628. The van der Waals surface area contributed by atoms with Crippen molar-refractivity contribution in [2.45, 2.75) is 6.92 Å². The van der Waals surface area contributed by atoms with E-state index in [1.54, 1.807) is 19.1 Å². The molecule has 1 heterocycles. The van der Waals surface area contributed by atoms with E-state index in [4.69, 9.17) is 9.15 Å². The Labute approximate surface area is 140 Å². The molecule has 0 bridgehead atoms. The Bertz CT molecular complexity index is 958. The molecule has 5 heteroatoms. The standard InChI is InChI=1S/C18H13BrO4/c1-10-15(20)13-8-12(19)9-14(18(21)22-2)17(13)23-16(10)11-6-4-3-5-7-11/h3-9H,1-2H3. The van der Waals surface area contributed by atoms with Crippen LogP contribution in [-0.2, 0) is 4.74 Å². The SMILES string of the molecule is COC(=O)c1cc(Br)cc2c(=O)c(C)c(-c3ccccc3)oc12. The maximum absolute atomic E-state index is 12.7. The third-order valence-electron chi connectivity index (χ3n) is 3.62. The van der Waals surface area contributed by atoms with E-state index in [1.165, 1.54) is 7.11 Å². The second-order valence-electron chi connectivity index (χ2n) is 5.07. The molecule has 0 aliphatic heterocycles. The van der Waals surface area contributed by atoms with Crippen molar-refractivity contribution in [3.8, 4) is 11.3 Å². The predicted molar refractivity (Wildman–Crippen MR) is 91.7 cm³/mol. The van der Waals surface area contributed by atoms with Crippen LogP contribution in [0.1, 0.15) is 15.9 Å². The van der Waals surface area contributed by atoms with Gasteiger partial charge in [-0.3, -0.25) is 4.79 Å². The monoisotopic (exact) mass is 372 g/mol. The Morgan fingerprint density at radius 3 is 2.52 bits per heavy atom. The molecule has 0 N–H and O–H groups in total. The fourth-order valence-corrected chi connectivity index (χ4v) is 2.94. The zero-order valence-corrected chi connectivity index (χ0v) is 14.1. The number of benzene rings is 2. The van der Waals surface area contributed by atoms with Gasteiger partial charge in [0.1, 0.15) is 11.3 Å². The molecule has 0 spiro atoms. The summed E-state index contributed by atoms with van der Waals surface area (Å²) in [6.45, 7) is 1.71. The highest BCUT2D eigenvalue weighted by Gasteiger charge is 2.19. The van der Waals surface area contributed by atoms with Crippen LogP contribution in [0.25, 0.3) is 22.3 Å². The molecule has 116 valence electrons. The van der Waals surface area contributed by atoms with Crippen LogP contribution in [0.5, 0.6) is 0 Å². The van der Waals surface area contributed by atoms with Crippen LogP contribution in [0.3, 0.4) is 0 Å². The van der Waals surface area contributed by atoms with E-state index in [0.29, 0.717) is 21.2 Å². The van der Waals surface area contributed by atoms with Gasteiger partial charge in [-0.2, -0.15) is 0 Å². The molecule has 2 aromatic carbocycles. The van der Waals surface area contributed by atoms with Crippen LogP contribution in [0.15, 0.2) is 56.1 Å². The number of carbonyl (C=O) groups is 1. The van der Waals surface area contributed by atoms with E-state index in [1.807, 2.05) is 30.3 Å². The molecule has 0 saturated heterocycles. The first-order valence-electron chi connectivity index (χ1n) is 6.93. The van der Waals surface area contributed by atoms with Gasteiger partial charge in [-0.05, 0) is 19.1 Å². The predicted octanol–water partition coefficient (Wildman–Crippen LogP) is 4.32. The number of methoxy groups -OCH3 is 1. The van der Waals surface area contributed by atoms with Crippen molar-refractivity contribution < 1.29 is 13.9 Å². The molecule has 3 aromatic rings. The highest BCUT2D eigenvalue weighted by atomic mass is 79.9. The minimum absolute atomic E-state index is 0.170. The first kappa shape index (κ1) is 15.5. The summed E-state index contributed by atoms with van der Waals surface area (Å²) in [6.07, 6.45) is 0. The van der Waals surface area contributed by atoms with Gasteiger partial charge in [0.25, 0.3) is 0 Å². The number of esters is 1. The lowest BCUT2D eigenvalue weighted by molar-refractivity contribution is 0.0601. The van der Waals surface area contributed by atoms with Crippen molar-refractivity contribution in [2.75, 3.05) is 7.11 Å². The van der Waals surface area contributed by atoms with Crippen molar-refractivity contribution in [1.82, 2.24) is 0 Å². The van der Waals surface area contributed by atoms with E-state index in [-0.39, 0.29) is 16.6 Å². The lowest BCUT2D eigenvalue weighted by Crippen LogP contribution is -2.10. The minimum Gasteiger partial charge on any atom is -0.465 e. The second kappa shape index (κ2) is 6.01. The first-order chi connectivity index (χ1) is 11.0. The molecule has 0 aliphatic carbocycles. The van der Waals surface area contributed by atoms with E-state index in [2.05, 4.69) is 15.9 Å². The van der Waals surface area contributed by atoms with E-state index in [0.717, 1.165) is 5.56 Å². The van der Waals surface area contributed by atoms with Gasteiger partial charge < -0.3 is 9.15 Å². The molecular formula is C18H13BrO4. The number of hydrogen-bond donors (Lipinski definition) is 0. The van der Waals surface area contributed by atoms with E-state index < -0.39 is 5.97 Å². The zero-order chi connectivity index (χ0) is 16.6. The van der Waals surface area contributed by atoms with Gasteiger partial charge in [-0.15, -0.1) is 0 Å². The Morgan fingerprint density at radius 1 is 1.17 bits per heavy atom. The smallest absolute Gasteiger partial charge is 0.341 e. The van der Waals surface area contributed by atoms with Crippen LogP contribution in [0.2, 0.25) is 0 Å². The van der Waals surface area contributed by atoms with E-state index >= 15 is 0 Å². The lowest BCUT2D eigenvalue weighted by atomic mass is 10.0. The zero-order valence-electron chi connectivity index (χ0n) is 12.6. The highest BCUT2D eigenvalue weighted by Crippen LogP contribution is 2.29. The first-order valence-corrected chi connectivity index (χ1v) is 7.73. The number of halogens is 1. The summed E-state index contributed by atoms with van der Waals surface area (Å²) in [5, 5.41) is 0.344. The van der Waals surface area contributed by atoms with Crippen LogP contribution in [0, 0.1) is 6.92 Å². The Morgan fingerprint density at radius 2 is 1.87 bits per heavy atom. The fraction of sp³-hybridized carbons (Fsp3) is 0.111. The summed E-state index contributed by atoms with van der Waals surface area (Å²) in [5.74, 6) is -0.0992. The third kappa shape index (κ3) is 2.68. The minimum atomic E-state index is -0.553. The van der Waals surface area contributed by atoms with Crippen molar-refractivity contribution >= 4 is 32.9 Å². The summed E-state index contributed by atoms with van der Waals surface area (Å²) >= 11 is 3.31. The largest absolute Gasteiger partial charge is 0.465 e. The molecule has 3 rings (SSSR count). The number of ether oxygens (including phenoxy) is 1. The Kier molecular flexibility index (Phi) is 4.05. The Hall–Kier alpha value is -2.40. The summed E-state index contributed by atoms with van der Waals surface area (Å²) in [4.78, 5) is 24.7. The summed E-state index contributed by atoms with van der Waals surface area (Å²) in [7, 11) is 1.29. The highest BCUT2D eigenvalue weighted by molar-refractivity contribution is 9.10. The topological polar surface area (TPSA) is 56.5 Å². The van der Waals surface area contributed by atoms with Gasteiger partial charge in [-0.25, -0.2) is 4.79 Å². The molecule has 0 fully saturated rings. The molecule has 23 heavy (non-hydrogen) atoms. The fourth-order valence-electron chi connectivity index (χ4n) is 2.48. The van der Waals surface area contributed by atoms with Crippen molar-refractivity contribution in [1.29, 1.82) is 0 Å². The van der Waals surface area contributed by atoms with E-state index in [9.17, 15) is 9.59 Å². The summed E-state index contributed by atoms with van der Waals surface area (Å²) in [5.41, 5.74) is 1.55. The molecule has 0 aliphatic rings. The van der Waals surface area contributed by atoms with Gasteiger partial charge in [0.15, 0.2) is 11.0 Å². The number of fused-ring (bicyclic) bond motifs is 1. The number of hydrogen-bond acceptors (Lipinski definition) is 4. The van der Waals surface area contributed by atoms with Gasteiger partial charge in [0.2, 0.25) is 0 Å². The van der Waals surface area contributed by atoms with Crippen LogP contribution < -0.4 is 5.43 Å². The number of rotatable bonds is 2.